The summed E-state index contributed by atoms with van der Waals surface area (Å²) in [7, 11) is 1.64. The molecule has 0 saturated carbocycles. The van der Waals surface area contributed by atoms with Crippen LogP contribution in [0.4, 0.5) is 5.69 Å². The number of hydrogen-bond acceptors (Lipinski definition) is 5. The molecule has 0 aliphatic carbocycles. The molecule has 7 heteroatoms. The highest BCUT2D eigenvalue weighted by Crippen LogP contribution is 2.27. The van der Waals surface area contributed by atoms with E-state index < -0.39 is 4.92 Å². The zero-order chi connectivity index (χ0) is 20.1. The Morgan fingerprint density at radius 2 is 1.96 bits per heavy atom. The van der Waals surface area contributed by atoms with Crippen molar-refractivity contribution in [3.8, 4) is 5.75 Å². The Kier molecular flexibility index (Phi) is 6.26. The van der Waals surface area contributed by atoms with Gasteiger partial charge in [0.1, 0.15) is 5.75 Å². The van der Waals surface area contributed by atoms with Crippen molar-refractivity contribution in [1.82, 2.24) is 10.2 Å². The fourth-order valence-electron chi connectivity index (χ4n) is 3.71. The summed E-state index contributed by atoms with van der Waals surface area (Å²) in [6.07, 6.45) is 2.27. The monoisotopic (exact) mass is 383 g/mol. The van der Waals surface area contributed by atoms with Crippen molar-refractivity contribution in [1.29, 1.82) is 0 Å². The van der Waals surface area contributed by atoms with Gasteiger partial charge in [0.15, 0.2) is 0 Å². The molecule has 1 N–H and O–H groups in total. The van der Waals surface area contributed by atoms with E-state index in [2.05, 4.69) is 10.2 Å². The zero-order valence-corrected chi connectivity index (χ0v) is 16.2. The van der Waals surface area contributed by atoms with E-state index in [1.54, 1.807) is 26.2 Å². The van der Waals surface area contributed by atoms with Crippen molar-refractivity contribution in [3.63, 3.8) is 0 Å². The number of nitro groups is 1. The van der Waals surface area contributed by atoms with Crippen molar-refractivity contribution < 1.29 is 14.5 Å². The van der Waals surface area contributed by atoms with Crippen molar-refractivity contribution in [2.45, 2.75) is 25.8 Å². The van der Waals surface area contributed by atoms with Crippen LogP contribution in [0.2, 0.25) is 0 Å². The van der Waals surface area contributed by atoms with Crippen LogP contribution >= 0.6 is 0 Å². The standard InChI is InChI=1S/C21H25N3O4/c1-15-18(9-6-10-19(15)24(26)27)21(25)22-14-20(23-11-3-4-12-23)16-7-5-8-17(13-16)28-2/h5-10,13,20H,3-4,11-12,14H2,1-2H3,(H,22,25). The number of carbonyl (C=O) groups excluding carboxylic acids is 1. The molecule has 3 rings (SSSR count). The van der Waals surface area contributed by atoms with Gasteiger partial charge in [0.05, 0.1) is 18.1 Å². The second-order valence-corrected chi connectivity index (χ2v) is 6.95. The third-order valence-corrected chi connectivity index (χ3v) is 5.26. The van der Waals surface area contributed by atoms with Crippen LogP contribution in [-0.4, -0.2) is 42.5 Å². The van der Waals surface area contributed by atoms with Gasteiger partial charge < -0.3 is 10.1 Å². The Balaban J connectivity index is 1.79. The summed E-state index contributed by atoms with van der Waals surface area (Å²) >= 11 is 0. The van der Waals surface area contributed by atoms with Gasteiger partial charge in [0.2, 0.25) is 0 Å². The smallest absolute Gasteiger partial charge is 0.273 e. The third kappa shape index (κ3) is 4.31. The SMILES string of the molecule is COc1cccc(C(CNC(=O)c2cccc([N+](=O)[O-])c2C)N2CCCC2)c1. The molecule has 2 aromatic carbocycles. The molecule has 1 amide bonds. The highest BCUT2D eigenvalue weighted by Gasteiger charge is 2.25. The van der Waals surface area contributed by atoms with Gasteiger partial charge in [-0.3, -0.25) is 19.8 Å². The van der Waals surface area contributed by atoms with Crippen LogP contribution in [0.5, 0.6) is 5.75 Å². The Bertz CT molecular complexity index is 862. The average molecular weight is 383 g/mol. The molecule has 1 unspecified atom stereocenters. The van der Waals surface area contributed by atoms with Crippen molar-refractivity contribution in [2.75, 3.05) is 26.7 Å². The van der Waals surface area contributed by atoms with Crippen LogP contribution < -0.4 is 10.1 Å². The molecule has 0 radical (unpaired) electrons. The number of benzene rings is 2. The van der Waals surface area contributed by atoms with E-state index in [1.807, 2.05) is 24.3 Å². The molecule has 0 bridgehead atoms. The molecule has 0 spiro atoms. The number of nitro benzene ring substituents is 1. The van der Waals surface area contributed by atoms with E-state index in [1.165, 1.54) is 6.07 Å². The summed E-state index contributed by atoms with van der Waals surface area (Å²) < 4.78 is 5.34. The first-order valence-corrected chi connectivity index (χ1v) is 9.41. The second-order valence-electron chi connectivity index (χ2n) is 6.95. The lowest BCUT2D eigenvalue weighted by atomic mass is 10.0. The van der Waals surface area contributed by atoms with Gasteiger partial charge >= 0.3 is 0 Å². The molecule has 2 aromatic rings. The van der Waals surface area contributed by atoms with Crippen LogP contribution in [-0.2, 0) is 0 Å². The minimum Gasteiger partial charge on any atom is -0.497 e. The van der Waals surface area contributed by atoms with Crippen molar-refractivity contribution in [3.05, 3.63) is 69.3 Å². The highest BCUT2D eigenvalue weighted by atomic mass is 16.6. The molecule has 7 nitrogen and oxygen atoms in total. The maximum Gasteiger partial charge on any atom is 0.273 e. The van der Waals surface area contributed by atoms with Gasteiger partial charge in [-0.25, -0.2) is 0 Å². The zero-order valence-electron chi connectivity index (χ0n) is 16.2. The van der Waals surface area contributed by atoms with Gasteiger partial charge in [0, 0.05) is 23.7 Å². The number of carbonyl (C=O) groups is 1. The third-order valence-electron chi connectivity index (χ3n) is 5.26. The number of hydrogen-bond donors (Lipinski definition) is 1. The van der Waals surface area contributed by atoms with E-state index in [-0.39, 0.29) is 17.6 Å². The highest BCUT2D eigenvalue weighted by molar-refractivity contribution is 5.96. The summed E-state index contributed by atoms with van der Waals surface area (Å²) in [4.78, 5) is 25.8. The fraction of sp³-hybridized carbons (Fsp3) is 0.381. The van der Waals surface area contributed by atoms with Crippen LogP contribution in [0.1, 0.15) is 40.4 Å². The molecule has 1 atom stereocenters. The Hall–Kier alpha value is -2.93. The lowest BCUT2D eigenvalue weighted by Gasteiger charge is -2.28. The van der Waals surface area contributed by atoms with Gasteiger partial charge in [-0.05, 0) is 56.6 Å². The summed E-state index contributed by atoms with van der Waals surface area (Å²) in [6.45, 7) is 3.99. The predicted molar refractivity (Wildman–Crippen MR) is 107 cm³/mol. The van der Waals surface area contributed by atoms with E-state index >= 15 is 0 Å². The topological polar surface area (TPSA) is 84.7 Å². The lowest BCUT2D eigenvalue weighted by molar-refractivity contribution is -0.385. The Morgan fingerprint density at radius 3 is 2.64 bits per heavy atom. The molecule has 1 aliphatic rings. The van der Waals surface area contributed by atoms with Crippen LogP contribution in [0.15, 0.2) is 42.5 Å². The predicted octanol–water partition coefficient (Wildman–Crippen LogP) is 3.48. The van der Waals surface area contributed by atoms with Crippen LogP contribution in [0.3, 0.4) is 0 Å². The first-order chi connectivity index (χ1) is 13.5. The lowest BCUT2D eigenvalue weighted by Crippen LogP contribution is -2.37. The maximum absolute atomic E-state index is 12.7. The summed E-state index contributed by atoms with van der Waals surface area (Å²) in [6, 6.07) is 12.5. The molecular weight excluding hydrogens is 358 g/mol. The molecule has 1 aliphatic heterocycles. The quantitative estimate of drug-likeness (QED) is 0.584. The van der Waals surface area contributed by atoms with Gasteiger partial charge in [-0.1, -0.05) is 18.2 Å². The van der Waals surface area contributed by atoms with Gasteiger partial charge in [0.25, 0.3) is 11.6 Å². The summed E-state index contributed by atoms with van der Waals surface area (Å²) in [5.41, 5.74) is 1.75. The van der Waals surface area contributed by atoms with Crippen molar-refractivity contribution in [2.24, 2.45) is 0 Å². The minimum atomic E-state index is -0.463. The molecule has 1 heterocycles. The number of nitrogens with zero attached hydrogens (tertiary/aromatic N) is 2. The number of nitrogens with one attached hydrogen (secondary N) is 1. The number of amides is 1. The van der Waals surface area contributed by atoms with E-state index in [0.29, 0.717) is 17.7 Å². The first kappa shape index (κ1) is 19.8. The normalized spacial score (nSPS) is 15.2. The van der Waals surface area contributed by atoms with E-state index in [9.17, 15) is 14.9 Å². The van der Waals surface area contributed by atoms with Crippen LogP contribution in [0, 0.1) is 17.0 Å². The number of rotatable bonds is 7. The molecule has 148 valence electrons. The molecule has 1 saturated heterocycles. The number of methoxy groups -OCH3 is 1. The van der Waals surface area contributed by atoms with Gasteiger partial charge in [-0.2, -0.15) is 0 Å². The largest absolute Gasteiger partial charge is 0.497 e. The second kappa shape index (κ2) is 8.84. The average Bonchev–Trinajstić information content (AvgIpc) is 3.22. The maximum atomic E-state index is 12.7. The fourth-order valence-corrected chi connectivity index (χ4v) is 3.71. The Labute approximate surface area is 164 Å². The van der Waals surface area contributed by atoms with Crippen LogP contribution in [0.25, 0.3) is 0 Å². The molecule has 28 heavy (non-hydrogen) atoms. The summed E-state index contributed by atoms with van der Waals surface area (Å²) in [5, 5.41) is 14.1. The Morgan fingerprint density at radius 1 is 1.25 bits per heavy atom. The summed E-state index contributed by atoms with van der Waals surface area (Å²) in [5.74, 6) is 0.482. The minimum absolute atomic E-state index is 0.0283. The molecular formula is C21H25N3O4. The van der Waals surface area contributed by atoms with Crippen molar-refractivity contribution >= 4 is 11.6 Å². The number of likely N-dealkylation sites (tertiary alicyclic amines) is 1. The van der Waals surface area contributed by atoms with Gasteiger partial charge in [-0.15, -0.1) is 0 Å². The molecule has 1 fully saturated rings. The first-order valence-electron chi connectivity index (χ1n) is 9.41. The van der Waals surface area contributed by atoms with E-state index in [4.69, 9.17) is 4.74 Å². The van der Waals surface area contributed by atoms with E-state index in [0.717, 1.165) is 37.2 Å². The number of ether oxygens (including phenoxy) is 1. The molecule has 0 aromatic heterocycles.